The van der Waals surface area contributed by atoms with Crippen molar-refractivity contribution in [3.8, 4) is 0 Å². The van der Waals surface area contributed by atoms with Crippen molar-refractivity contribution in [1.82, 2.24) is 5.43 Å². The molecule has 23 heavy (non-hydrogen) atoms. The molecule has 0 aromatic heterocycles. The highest BCUT2D eigenvalue weighted by Gasteiger charge is 2.12. The zero-order valence-corrected chi connectivity index (χ0v) is 15.2. The first-order chi connectivity index (χ1) is 10.9. The third-order valence-electron chi connectivity index (χ3n) is 3.94. The molecule has 1 aromatic carbocycles. The Morgan fingerprint density at radius 1 is 1.04 bits per heavy atom. The van der Waals surface area contributed by atoms with Crippen LogP contribution in [0, 0.1) is 0 Å². The molecule has 1 aromatic rings. The van der Waals surface area contributed by atoms with Crippen LogP contribution in [0.1, 0.15) is 83.8 Å². The minimum Gasteiger partial charge on any atom is -0.273 e. The fourth-order valence-electron chi connectivity index (χ4n) is 2.37. The first-order valence-corrected chi connectivity index (χ1v) is 8.86. The van der Waals surface area contributed by atoms with E-state index in [1.54, 1.807) is 6.21 Å². The summed E-state index contributed by atoms with van der Waals surface area (Å²) in [4.78, 5) is 11.7. The molecule has 0 heterocycles. The Hall–Kier alpha value is -1.64. The van der Waals surface area contributed by atoms with Gasteiger partial charge in [-0.05, 0) is 23.0 Å². The zero-order valence-electron chi connectivity index (χ0n) is 15.2. The molecule has 0 fully saturated rings. The number of amides is 1. The number of hydrogen-bond acceptors (Lipinski definition) is 2. The van der Waals surface area contributed by atoms with Gasteiger partial charge in [-0.2, -0.15) is 5.10 Å². The lowest BCUT2D eigenvalue weighted by atomic mass is 9.87. The van der Waals surface area contributed by atoms with Crippen molar-refractivity contribution in [2.24, 2.45) is 5.10 Å². The average Bonchev–Trinajstić information content (AvgIpc) is 2.50. The SMILES string of the molecule is CCCCCCCCC(=O)N/N=C/c1ccc(C(C)(C)C)cc1. The van der Waals surface area contributed by atoms with Gasteiger partial charge in [0.15, 0.2) is 0 Å². The van der Waals surface area contributed by atoms with Gasteiger partial charge in [0.1, 0.15) is 0 Å². The van der Waals surface area contributed by atoms with Gasteiger partial charge in [-0.25, -0.2) is 5.43 Å². The Kier molecular flexibility index (Phi) is 8.60. The average molecular weight is 316 g/mol. The number of nitrogens with one attached hydrogen (secondary N) is 1. The van der Waals surface area contributed by atoms with Gasteiger partial charge in [0.25, 0.3) is 0 Å². The third kappa shape index (κ3) is 8.53. The third-order valence-corrected chi connectivity index (χ3v) is 3.94. The van der Waals surface area contributed by atoms with E-state index in [2.05, 4.69) is 50.4 Å². The fraction of sp³-hybridized carbons (Fsp3) is 0.600. The molecule has 1 rings (SSSR count). The lowest BCUT2D eigenvalue weighted by Crippen LogP contribution is -2.17. The van der Waals surface area contributed by atoms with Crippen molar-refractivity contribution in [2.45, 2.75) is 78.1 Å². The second kappa shape index (κ2) is 10.2. The Balaban J connectivity index is 2.26. The van der Waals surface area contributed by atoms with Crippen molar-refractivity contribution in [3.05, 3.63) is 35.4 Å². The van der Waals surface area contributed by atoms with Gasteiger partial charge in [-0.3, -0.25) is 4.79 Å². The lowest BCUT2D eigenvalue weighted by molar-refractivity contribution is -0.121. The topological polar surface area (TPSA) is 41.5 Å². The summed E-state index contributed by atoms with van der Waals surface area (Å²) in [5, 5.41) is 4.04. The van der Waals surface area contributed by atoms with Crippen LogP contribution < -0.4 is 5.43 Å². The lowest BCUT2D eigenvalue weighted by Gasteiger charge is -2.18. The van der Waals surface area contributed by atoms with Crippen LogP contribution in [0.15, 0.2) is 29.4 Å². The maximum atomic E-state index is 11.7. The van der Waals surface area contributed by atoms with Crippen molar-refractivity contribution in [3.63, 3.8) is 0 Å². The summed E-state index contributed by atoms with van der Waals surface area (Å²) < 4.78 is 0. The first kappa shape index (κ1) is 19.4. The first-order valence-electron chi connectivity index (χ1n) is 8.86. The van der Waals surface area contributed by atoms with Crippen LogP contribution >= 0.6 is 0 Å². The number of hydrogen-bond donors (Lipinski definition) is 1. The minimum atomic E-state index is 0.00283. The number of hydrazone groups is 1. The van der Waals surface area contributed by atoms with Crippen LogP contribution in [0.3, 0.4) is 0 Å². The van der Waals surface area contributed by atoms with Crippen LogP contribution in [0.25, 0.3) is 0 Å². The van der Waals surface area contributed by atoms with Gasteiger partial charge in [0, 0.05) is 6.42 Å². The minimum absolute atomic E-state index is 0.00283. The van der Waals surface area contributed by atoms with Crippen LogP contribution in [0.2, 0.25) is 0 Å². The second-order valence-electron chi connectivity index (χ2n) is 7.18. The summed E-state index contributed by atoms with van der Waals surface area (Å²) in [5.41, 5.74) is 5.05. The van der Waals surface area contributed by atoms with E-state index in [0.717, 1.165) is 18.4 Å². The van der Waals surface area contributed by atoms with Gasteiger partial charge >= 0.3 is 0 Å². The monoisotopic (exact) mass is 316 g/mol. The second-order valence-corrected chi connectivity index (χ2v) is 7.18. The van der Waals surface area contributed by atoms with E-state index >= 15 is 0 Å². The van der Waals surface area contributed by atoms with E-state index in [4.69, 9.17) is 0 Å². The highest BCUT2D eigenvalue weighted by Crippen LogP contribution is 2.21. The predicted molar refractivity (Wildman–Crippen MR) is 98.9 cm³/mol. The summed E-state index contributed by atoms with van der Waals surface area (Å²) in [5.74, 6) is 0.00283. The van der Waals surface area contributed by atoms with Crippen molar-refractivity contribution in [1.29, 1.82) is 0 Å². The number of nitrogens with zero attached hydrogens (tertiary/aromatic N) is 1. The molecule has 0 saturated heterocycles. The van der Waals surface area contributed by atoms with Crippen molar-refractivity contribution >= 4 is 12.1 Å². The molecule has 0 aliphatic rings. The Morgan fingerprint density at radius 2 is 1.65 bits per heavy atom. The molecule has 0 atom stereocenters. The predicted octanol–water partition coefficient (Wildman–Crippen LogP) is 5.18. The smallest absolute Gasteiger partial charge is 0.240 e. The van der Waals surface area contributed by atoms with E-state index in [-0.39, 0.29) is 11.3 Å². The van der Waals surface area contributed by atoms with Crippen LogP contribution in [-0.4, -0.2) is 12.1 Å². The van der Waals surface area contributed by atoms with Gasteiger partial charge in [-0.1, -0.05) is 84.1 Å². The van der Waals surface area contributed by atoms with Crippen LogP contribution in [0.5, 0.6) is 0 Å². The summed E-state index contributed by atoms with van der Waals surface area (Å²) in [7, 11) is 0. The number of benzene rings is 1. The number of unbranched alkanes of at least 4 members (excludes halogenated alkanes) is 5. The normalized spacial score (nSPS) is 11.8. The number of carbonyl (C=O) groups excluding carboxylic acids is 1. The molecule has 0 aliphatic carbocycles. The summed E-state index contributed by atoms with van der Waals surface area (Å²) >= 11 is 0. The van der Waals surface area contributed by atoms with E-state index < -0.39 is 0 Å². The molecule has 0 saturated carbocycles. The Labute approximate surface area is 141 Å². The molecule has 1 amide bonds. The van der Waals surface area contributed by atoms with Gasteiger partial charge in [-0.15, -0.1) is 0 Å². The molecule has 3 nitrogen and oxygen atoms in total. The number of rotatable bonds is 9. The largest absolute Gasteiger partial charge is 0.273 e. The highest BCUT2D eigenvalue weighted by atomic mass is 16.2. The maximum absolute atomic E-state index is 11.7. The van der Waals surface area contributed by atoms with Gasteiger partial charge in [0.2, 0.25) is 5.91 Å². The molecule has 0 radical (unpaired) electrons. The molecule has 3 heteroatoms. The van der Waals surface area contributed by atoms with Gasteiger partial charge < -0.3 is 0 Å². The zero-order chi connectivity index (χ0) is 17.1. The molecule has 0 bridgehead atoms. The molecule has 128 valence electrons. The standard InChI is InChI=1S/C20H32N2O/c1-5-6-7-8-9-10-11-19(23)22-21-16-17-12-14-18(15-13-17)20(2,3)4/h12-16H,5-11H2,1-4H3,(H,22,23)/b21-16+. The molecule has 0 aliphatic heterocycles. The van der Waals surface area contributed by atoms with Crippen molar-refractivity contribution in [2.75, 3.05) is 0 Å². The summed E-state index contributed by atoms with van der Waals surface area (Å²) in [6.07, 6.45) is 9.40. The molecular weight excluding hydrogens is 284 g/mol. The Bertz CT molecular complexity index is 483. The Morgan fingerprint density at radius 3 is 2.26 bits per heavy atom. The molecule has 1 N–H and O–H groups in total. The number of carbonyl (C=O) groups is 1. The fourth-order valence-corrected chi connectivity index (χ4v) is 2.37. The summed E-state index contributed by atoms with van der Waals surface area (Å²) in [6, 6.07) is 8.28. The maximum Gasteiger partial charge on any atom is 0.240 e. The van der Waals surface area contributed by atoms with Crippen LogP contribution in [-0.2, 0) is 10.2 Å². The van der Waals surface area contributed by atoms with Gasteiger partial charge in [0.05, 0.1) is 6.21 Å². The van der Waals surface area contributed by atoms with Crippen molar-refractivity contribution < 1.29 is 4.79 Å². The quantitative estimate of drug-likeness (QED) is 0.380. The molecule has 0 spiro atoms. The van der Waals surface area contributed by atoms with E-state index in [1.165, 1.54) is 31.2 Å². The molecular formula is C20H32N2O. The summed E-state index contributed by atoms with van der Waals surface area (Å²) in [6.45, 7) is 8.79. The highest BCUT2D eigenvalue weighted by molar-refractivity contribution is 5.82. The van der Waals surface area contributed by atoms with Crippen LogP contribution in [0.4, 0.5) is 0 Å². The van der Waals surface area contributed by atoms with E-state index in [9.17, 15) is 4.79 Å². The van der Waals surface area contributed by atoms with E-state index in [0.29, 0.717) is 6.42 Å². The molecule has 0 unspecified atom stereocenters. The van der Waals surface area contributed by atoms with E-state index in [1.807, 2.05) is 12.1 Å².